The van der Waals surface area contributed by atoms with E-state index in [4.69, 9.17) is 9.47 Å². The molecule has 0 aromatic carbocycles. The first kappa shape index (κ1) is 18.2. The Morgan fingerprint density at radius 3 is 2.50 bits per heavy atom. The van der Waals surface area contributed by atoms with Gasteiger partial charge in [-0.2, -0.15) is 0 Å². The highest BCUT2D eigenvalue weighted by Gasteiger charge is 2.15. The predicted molar refractivity (Wildman–Crippen MR) is 80.1 cm³/mol. The molecule has 0 saturated carbocycles. The average molecular weight is 282 g/mol. The molecule has 5 heteroatoms. The molecular formula is C15H26N2O3. The van der Waals surface area contributed by atoms with Crippen LogP contribution in [0.15, 0.2) is 18.5 Å². The number of rotatable bonds is 4. The van der Waals surface area contributed by atoms with Crippen LogP contribution in [0.1, 0.15) is 40.2 Å². The number of aryl methyl sites for hydroxylation is 1. The Balaban J connectivity index is 0.00000172. The SMILES string of the molecule is CC.Cc1cncc(OCCNC(=O)OC(C)(C)C)c1. The van der Waals surface area contributed by atoms with Crippen molar-refractivity contribution in [3.63, 3.8) is 0 Å². The van der Waals surface area contributed by atoms with Gasteiger partial charge in [0.05, 0.1) is 12.7 Å². The summed E-state index contributed by atoms with van der Waals surface area (Å²) in [6, 6.07) is 1.89. The molecule has 1 aromatic heterocycles. The first-order valence-corrected chi connectivity index (χ1v) is 6.88. The number of carbonyl (C=O) groups excluding carboxylic acids is 1. The quantitative estimate of drug-likeness (QED) is 0.861. The van der Waals surface area contributed by atoms with Crippen LogP contribution < -0.4 is 10.1 Å². The summed E-state index contributed by atoms with van der Waals surface area (Å²) in [6.45, 7) is 12.2. The zero-order valence-corrected chi connectivity index (χ0v) is 13.3. The van der Waals surface area contributed by atoms with E-state index in [-0.39, 0.29) is 0 Å². The molecule has 1 heterocycles. The standard InChI is InChI=1S/C13H20N2O3.C2H6/c1-10-7-11(9-14-8-10)17-6-5-15-12(16)18-13(2,3)4;1-2/h7-9H,5-6H2,1-4H3,(H,15,16);1-2H3. The largest absolute Gasteiger partial charge is 0.490 e. The number of nitrogens with zero attached hydrogens (tertiary/aromatic N) is 1. The van der Waals surface area contributed by atoms with Crippen LogP contribution >= 0.6 is 0 Å². The number of aromatic nitrogens is 1. The molecule has 114 valence electrons. The summed E-state index contributed by atoms with van der Waals surface area (Å²) in [5.41, 5.74) is 0.554. The average Bonchev–Trinajstić information content (AvgIpc) is 2.35. The molecular weight excluding hydrogens is 256 g/mol. The Hall–Kier alpha value is -1.78. The van der Waals surface area contributed by atoms with E-state index in [0.717, 1.165) is 5.56 Å². The topological polar surface area (TPSA) is 60.5 Å². The Kier molecular flexibility index (Phi) is 8.36. The summed E-state index contributed by atoms with van der Waals surface area (Å²) in [4.78, 5) is 15.3. The molecule has 0 fully saturated rings. The number of alkyl carbamates (subject to hydrolysis) is 1. The van der Waals surface area contributed by atoms with Crippen LogP contribution in [-0.4, -0.2) is 29.8 Å². The number of hydrogen-bond donors (Lipinski definition) is 1. The van der Waals surface area contributed by atoms with Gasteiger partial charge < -0.3 is 14.8 Å². The van der Waals surface area contributed by atoms with Crippen LogP contribution in [0, 0.1) is 6.92 Å². The summed E-state index contributed by atoms with van der Waals surface area (Å²) < 4.78 is 10.5. The smallest absolute Gasteiger partial charge is 0.407 e. The zero-order chi connectivity index (χ0) is 15.6. The van der Waals surface area contributed by atoms with Gasteiger partial charge in [-0.1, -0.05) is 13.8 Å². The van der Waals surface area contributed by atoms with Crippen molar-refractivity contribution >= 4 is 6.09 Å². The monoisotopic (exact) mass is 282 g/mol. The van der Waals surface area contributed by atoms with E-state index < -0.39 is 11.7 Å². The Bertz CT molecular complexity index is 400. The lowest BCUT2D eigenvalue weighted by molar-refractivity contribution is 0.0520. The highest BCUT2D eigenvalue weighted by Crippen LogP contribution is 2.09. The minimum Gasteiger partial charge on any atom is -0.490 e. The number of ether oxygens (including phenoxy) is 2. The maximum absolute atomic E-state index is 11.3. The summed E-state index contributed by atoms with van der Waals surface area (Å²) in [5.74, 6) is 0.695. The molecule has 0 unspecified atom stereocenters. The normalized spacial score (nSPS) is 10.1. The molecule has 20 heavy (non-hydrogen) atoms. The molecule has 5 nitrogen and oxygen atoms in total. The van der Waals surface area contributed by atoms with Crippen LogP contribution in [0.2, 0.25) is 0 Å². The molecule has 0 bridgehead atoms. The van der Waals surface area contributed by atoms with E-state index in [1.165, 1.54) is 0 Å². The first-order chi connectivity index (χ1) is 9.37. The second kappa shape index (κ2) is 9.18. The van der Waals surface area contributed by atoms with E-state index in [1.54, 1.807) is 12.4 Å². The lowest BCUT2D eigenvalue weighted by Crippen LogP contribution is -2.34. The van der Waals surface area contributed by atoms with Gasteiger partial charge in [-0.25, -0.2) is 4.79 Å². The Morgan fingerprint density at radius 1 is 1.30 bits per heavy atom. The summed E-state index contributed by atoms with van der Waals surface area (Å²) in [5, 5.41) is 2.62. The third-order valence-corrected chi connectivity index (χ3v) is 1.89. The fourth-order valence-electron chi connectivity index (χ4n) is 1.24. The van der Waals surface area contributed by atoms with Gasteiger partial charge in [-0.3, -0.25) is 4.98 Å². The van der Waals surface area contributed by atoms with E-state index in [0.29, 0.717) is 18.9 Å². The van der Waals surface area contributed by atoms with Crippen molar-refractivity contribution in [2.45, 2.75) is 47.1 Å². The third-order valence-electron chi connectivity index (χ3n) is 1.89. The van der Waals surface area contributed by atoms with Crippen molar-refractivity contribution < 1.29 is 14.3 Å². The number of amides is 1. The number of hydrogen-bond acceptors (Lipinski definition) is 4. The lowest BCUT2D eigenvalue weighted by Gasteiger charge is -2.19. The van der Waals surface area contributed by atoms with Gasteiger partial charge in [0.25, 0.3) is 0 Å². The Labute approximate surface area is 121 Å². The van der Waals surface area contributed by atoms with Crippen LogP contribution in [0.5, 0.6) is 5.75 Å². The van der Waals surface area contributed by atoms with Crippen molar-refractivity contribution in [1.82, 2.24) is 10.3 Å². The molecule has 0 spiro atoms. The summed E-state index contributed by atoms with van der Waals surface area (Å²) >= 11 is 0. The van der Waals surface area contributed by atoms with Crippen LogP contribution in [0.4, 0.5) is 4.79 Å². The third kappa shape index (κ3) is 9.19. The van der Waals surface area contributed by atoms with Gasteiger partial charge >= 0.3 is 6.09 Å². The maximum atomic E-state index is 11.3. The number of carbonyl (C=O) groups is 1. The zero-order valence-electron chi connectivity index (χ0n) is 13.3. The number of nitrogens with one attached hydrogen (secondary N) is 1. The van der Waals surface area contributed by atoms with Crippen molar-refractivity contribution in [3.8, 4) is 5.75 Å². The van der Waals surface area contributed by atoms with Crippen molar-refractivity contribution in [1.29, 1.82) is 0 Å². The van der Waals surface area contributed by atoms with Gasteiger partial charge in [0.2, 0.25) is 0 Å². The highest BCUT2D eigenvalue weighted by molar-refractivity contribution is 5.67. The molecule has 1 amide bonds. The van der Waals surface area contributed by atoms with E-state index in [2.05, 4.69) is 10.3 Å². The molecule has 0 atom stereocenters. The van der Waals surface area contributed by atoms with Crippen molar-refractivity contribution in [2.24, 2.45) is 0 Å². The van der Waals surface area contributed by atoms with Crippen molar-refractivity contribution in [3.05, 3.63) is 24.0 Å². The van der Waals surface area contributed by atoms with E-state index in [9.17, 15) is 4.79 Å². The fourth-order valence-corrected chi connectivity index (χ4v) is 1.24. The second-order valence-electron chi connectivity index (χ2n) is 4.98. The van der Waals surface area contributed by atoms with E-state index in [1.807, 2.05) is 47.6 Å². The Morgan fingerprint density at radius 2 is 1.95 bits per heavy atom. The van der Waals surface area contributed by atoms with Crippen LogP contribution in [0.3, 0.4) is 0 Å². The van der Waals surface area contributed by atoms with Gasteiger partial charge in [0, 0.05) is 6.20 Å². The minimum absolute atomic E-state index is 0.379. The van der Waals surface area contributed by atoms with Crippen molar-refractivity contribution in [2.75, 3.05) is 13.2 Å². The minimum atomic E-state index is -0.481. The lowest BCUT2D eigenvalue weighted by atomic mass is 10.2. The molecule has 0 aliphatic carbocycles. The van der Waals surface area contributed by atoms with E-state index >= 15 is 0 Å². The molecule has 0 aliphatic rings. The maximum Gasteiger partial charge on any atom is 0.407 e. The first-order valence-electron chi connectivity index (χ1n) is 6.88. The second-order valence-corrected chi connectivity index (χ2v) is 4.98. The fraction of sp³-hybridized carbons (Fsp3) is 0.600. The van der Waals surface area contributed by atoms with Gasteiger partial charge in [0.15, 0.2) is 0 Å². The molecule has 0 saturated heterocycles. The van der Waals surface area contributed by atoms with Crippen LogP contribution in [-0.2, 0) is 4.74 Å². The molecule has 1 N–H and O–H groups in total. The van der Waals surface area contributed by atoms with Gasteiger partial charge in [-0.15, -0.1) is 0 Å². The van der Waals surface area contributed by atoms with Gasteiger partial charge in [0.1, 0.15) is 18.0 Å². The van der Waals surface area contributed by atoms with Crippen LogP contribution in [0.25, 0.3) is 0 Å². The molecule has 1 aromatic rings. The molecule has 1 rings (SSSR count). The van der Waals surface area contributed by atoms with Gasteiger partial charge in [-0.05, 0) is 39.3 Å². The predicted octanol–water partition coefficient (Wildman–Crippen LogP) is 3.32. The molecule has 0 radical (unpaired) electrons. The summed E-state index contributed by atoms with van der Waals surface area (Å²) in [7, 11) is 0. The summed E-state index contributed by atoms with van der Waals surface area (Å²) in [6.07, 6.45) is 2.96. The number of pyridine rings is 1. The highest BCUT2D eigenvalue weighted by atomic mass is 16.6. The molecule has 0 aliphatic heterocycles.